The van der Waals surface area contributed by atoms with Crippen LogP contribution in [0.4, 0.5) is 0 Å². The van der Waals surface area contributed by atoms with Crippen LogP contribution in [0.5, 0.6) is 0 Å². The first-order valence-corrected chi connectivity index (χ1v) is 11.2. The number of hydrogen-bond donors (Lipinski definition) is 3. The highest BCUT2D eigenvalue weighted by Crippen LogP contribution is 2.37. The van der Waals surface area contributed by atoms with E-state index in [4.69, 9.17) is 21.4 Å². The molecule has 4 atom stereocenters. The van der Waals surface area contributed by atoms with E-state index in [9.17, 15) is 15.0 Å². The van der Waals surface area contributed by atoms with Gasteiger partial charge in [-0.15, -0.1) is 0 Å². The number of nitrogens with one attached hydrogen (secondary N) is 1. The van der Waals surface area contributed by atoms with E-state index in [1.165, 1.54) is 16.8 Å². The van der Waals surface area contributed by atoms with Crippen molar-refractivity contribution in [2.75, 3.05) is 6.61 Å². The van der Waals surface area contributed by atoms with Gasteiger partial charge >= 0.3 is 0 Å². The van der Waals surface area contributed by atoms with Crippen LogP contribution >= 0.6 is 12.2 Å². The first-order chi connectivity index (χ1) is 10.9. The molecule has 3 N–H and O–H groups in total. The van der Waals surface area contributed by atoms with E-state index in [1.807, 2.05) is 0 Å². The van der Waals surface area contributed by atoms with E-state index >= 15 is 0 Å². The average molecular weight is 375 g/mol. The minimum atomic E-state index is -1.99. The average Bonchev–Trinajstić information content (AvgIpc) is 2.72. The number of nitrogens with zero attached hydrogens (tertiary/aromatic N) is 1. The van der Waals surface area contributed by atoms with E-state index in [-0.39, 0.29) is 22.0 Å². The first-order valence-electron chi connectivity index (χ1n) is 7.91. The Morgan fingerprint density at radius 3 is 2.54 bits per heavy atom. The molecule has 0 radical (unpaired) electrons. The Bertz CT molecular complexity index is 696. The van der Waals surface area contributed by atoms with E-state index in [2.05, 4.69) is 38.8 Å². The van der Waals surface area contributed by atoms with Gasteiger partial charge in [0.1, 0.15) is 18.3 Å². The van der Waals surface area contributed by atoms with Gasteiger partial charge in [0.2, 0.25) is 0 Å². The molecule has 136 valence electrons. The number of hydrogen-bond acceptors (Lipinski definition) is 6. The largest absolute Gasteiger partial charge is 0.414 e. The van der Waals surface area contributed by atoms with Crippen LogP contribution in [0, 0.1) is 4.77 Å². The summed E-state index contributed by atoms with van der Waals surface area (Å²) in [4.78, 5) is 13.7. The van der Waals surface area contributed by atoms with Crippen molar-refractivity contribution in [2.24, 2.45) is 0 Å². The molecule has 24 heavy (non-hydrogen) atoms. The number of H-pyrrole nitrogens is 1. The molecule has 1 aromatic rings. The lowest BCUT2D eigenvalue weighted by atomic mass is 10.1. The lowest BCUT2D eigenvalue weighted by molar-refractivity contribution is -0.0522. The first kappa shape index (κ1) is 19.5. The van der Waals surface area contributed by atoms with Gasteiger partial charge in [0, 0.05) is 12.3 Å². The minimum absolute atomic E-state index is 0.0377. The van der Waals surface area contributed by atoms with Crippen LogP contribution in [0.3, 0.4) is 0 Å². The van der Waals surface area contributed by atoms with Gasteiger partial charge in [-0.2, -0.15) is 0 Å². The molecule has 0 unspecified atom stereocenters. The van der Waals surface area contributed by atoms with Gasteiger partial charge in [-0.1, -0.05) is 20.8 Å². The Balaban J connectivity index is 2.13. The van der Waals surface area contributed by atoms with Crippen molar-refractivity contribution in [2.45, 2.75) is 63.4 Å². The second kappa shape index (κ2) is 6.81. The number of aromatic nitrogens is 2. The van der Waals surface area contributed by atoms with Crippen molar-refractivity contribution in [1.29, 1.82) is 0 Å². The molecule has 0 saturated carbocycles. The molecule has 1 aromatic heterocycles. The molecule has 0 amide bonds. The molecule has 9 heteroatoms. The molecule has 1 fully saturated rings. The van der Waals surface area contributed by atoms with Crippen molar-refractivity contribution in [3.8, 4) is 0 Å². The van der Waals surface area contributed by atoms with Crippen LogP contribution in [-0.2, 0) is 9.16 Å². The summed E-state index contributed by atoms with van der Waals surface area (Å²) in [6, 6.07) is 1.29. The van der Waals surface area contributed by atoms with Gasteiger partial charge in [0.25, 0.3) is 5.56 Å². The topological polar surface area (TPSA) is 96.7 Å². The summed E-state index contributed by atoms with van der Waals surface area (Å²) in [5.41, 5.74) is -0.331. The summed E-state index contributed by atoms with van der Waals surface area (Å²) in [6.45, 7) is 10.8. The lowest BCUT2D eigenvalue weighted by Gasteiger charge is -2.37. The highest BCUT2D eigenvalue weighted by atomic mass is 32.1. The van der Waals surface area contributed by atoms with E-state index in [0.29, 0.717) is 0 Å². The third-order valence-corrected chi connectivity index (χ3v) is 9.69. The minimum Gasteiger partial charge on any atom is -0.414 e. The summed E-state index contributed by atoms with van der Waals surface area (Å²) in [6.07, 6.45) is -2.33. The van der Waals surface area contributed by atoms with Crippen LogP contribution < -0.4 is 5.56 Å². The Morgan fingerprint density at radius 1 is 1.38 bits per heavy atom. The molecule has 2 heterocycles. The molecule has 1 aliphatic heterocycles. The van der Waals surface area contributed by atoms with Crippen LogP contribution in [-0.4, -0.2) is 53.0 Å². The molecule has 2 rings (SSSR count). The molecule has 0 spiro atoms. The Kier molecular flexibility index (Phi) is 5.53. The third-order valence-electron chi connectivity index (χ3n) is 4.88. The molecular formula is C15H26N2O5SSi. The van der Waals surface area contributed by atoms with E-state index in [0.717, 1.165) is 0 Å². The quantitative estimate of drug-likeness (QED) is 0.546. The van der Waals surface area contributed by atoms with Crippen molar-refractivity contribution in [3.05, 3.63) is 27.4 Å². The highest BCUT2D eigenvalue weighted by molar-refractivity contribution is 7.71. The molecule has 0 aromatic carbocycles. The number of aromatic amines is 1. The monoisotopic (exact) mass is 374 g/mol. The second-order valence-electron chi connectivity index (χ2n) is 7.64. The number of aliphatic hydroxyl groups excluding tert-OH is 2. The van der Waals surface area contributed by atoms with Gasteiger partial charge in [-0.05, 0) is 30.4 Å². The van der Waals surface area contributed by atoms with Crippen molar-refractivity contribution in [3.63, 3.8) is 0 Å². The molecular weight excluding hydrogens is 348 g/mol. The molecule has 7 nitrogen and oxygen atoms in total. The summed E-state index contributed by atoms with van der Waals surface area (Å²) in [5.74, 6) is 0. The fourth-order valence-electron chi connectivity index (χ4n) is 2.23. The molecule has 1 aliphatic rings. The summed E-state index contributed by atoms with van der Waals surface area (Å²) in [7, 11) is -1.99. The second-order valence-corrected chi connectivity index (χ2v) is 12.8. The van der Waals surface area contributed by atoms with Gasteiger partial charge in [0.05, 0.1) is 6.61 Å². The predicted octanol–water partition coefficient (Wildman–Crippen LogP) is 1.55. The number of aliphatic hydroxyl groups is 2. The highest BCUT2D eigenvalue weighted by Gasteiger charge is 2.45. The zero-order valence-corrected chi connectivity index (χ0v) is 16.5. The smallest absolute Gasteiger partial charge is 0.251 e. The van der Waals surface area contributed by atoms with Crippen LogP contribution in [0.25, 0.3) is 0 Å². The lowest BCUT2D eigenvalue weighted by Crippen LogP contribution is -2.44. The van der Waals surface area contributed by atoms with Gasteiger partial charge in [-0.3, -0.25) is 14.3 Å². The fraction of sp³-hybridized carbons (Fsp3) is 0.733. The van der Waals surface area contributed by atoms with Crippen molar-refractivity contribution < 1.29 is 19.4 Å². The zero-order chi connectivity index (χ0) is 18.3. The summed E-state index contributed by atoms with van der Waals surface area (Å²) >= 11 is 5.09. The molecule has 1 saturated heterocycles. The van der Waals surface area contributed by atoms with E-state index in [1.54, 1.807) is 0 Å². The predicted molar refractivity (Wildman–Crippen MR) is 95.0 cm³/mol. The summed E-state index contributed by atoms with van der Waals surface area (Å²) < 4.78 is 13.4. The van der Waals surface area contributed by atoms with Crippen LogP contribution in [0.15, 0.2) is 17.1 Å². The SMILES string of the molecule is CC(C)(C)[Si](C)(C)OC[C@H]1O[C@@H](n2ccc(=O)[nH]c2=S)[C@H](O)[C@@H]1O. The van der Waals surface area contributed by atoms with Crippen LogP contribution in [0.1, 0.15) is 27.0 Å². The Labute approximate surface area is 147 Å². The maximum Gasteiger partial charge on any atom is 0.251 e. The maximum absolute atomic E-state index is 11.3. The fourth-order valence-corrected chi connectivity index (χ4v) is 3.51. The van der Waals surface area contributed by atoms with Crippen molar-refractivity contribution >= 4 is 20.5 Å². The third kappa shape index (κ3) is 3.87. The molecule has 0 aliphatic carbocycles. The number of rotatable bonds is 4. The number of ether oxygens (including phenoxy) is 1. The van der Waals surface area contributed by atoms with Crippen molar-refractivity contribution in [1.82, 2.24) is 9.55 Å². The Hall–Kier alpha value is -0.843. The van der Waals surface area contributed by atoms with Crippen LogP contribution in [0.2, 0.25) is 18.1 Å². The Morgan fingerprint density at radius 2 is 2.00 bits per heavy atom. The maximum atomic E-state index is 11.3. The normalized spacial score (nSPS) is 28.3. The van der Waals surface area contributed by atoms with Gasteiger partial charge < -0.3 is 19.4 Å². The molecule has 0 bridgehead atoms. The standard InChI is InChI=1S/C15H26N2O5SSi/c1-15(2,3)24(4,5)21-8-9-11(19)12(20)13(22-9)17-7-6-10(18)16-14(17)23/h6-7,9,11-13,19-20H,8H2,1-5H3,(H,16,18,23)/t9-,11-,12-,13-/m1/s1. The van der Waals surface area contributed by atoms with Gasteiger partial charge in [-0.25, -0.2) is 0 Å². The van der Waals surface area contributed by atoms with Gasteiger partial charge in [0.15, 0.2) is 19.3 Å². The summed E-state index contributed by atoms with van der Waals surface area (Å²) in [5, 5.41) is 20.6. The van der Waals surface area contributed by atoms with E-state index < -0.39 is 32.9 Å². The zero-order valence-electron chi connectivity index (χ0n) is 14.6.